The van der Waals surface area contributed by atoms with Crippen molar-refractivity contribution in [3.05, 3.63) is 11.6 Å². The Bertz CT molecular complexity index is 448. The number of ether oxygens (including phenoxy) is 4. The molecule has 0 aromatic heterocycles. The van der Waals surface area contributed by atoms with Crippen molar-refractivity contribution in [2.45, 2.75) is 27.7 Å². The molecule has 0 bridgehead atoms. The highest BCUT2D eigenvalue weighted by molar-refractivity contribution is 6.09. The quantitative estimate of drug-likeness (QED) is 0.264. The zero-order valence-electron chi connectivity index (χ0n) is 13.7. The van der Waals surface area contributed by atoms with Gasteiger partial charge in [0.05, 0.1) is 32.0 Å². The second kappa shape index (κ2) is 11.2. The number of carbonyl (C=O) groups excluding carboxylic acids is 4. The highest BCUT2D eigenvalue weighted by atomic mass is 16.6. The van der Waals surface area contributed by atoms with Gasteiger partial charge in [0, 0.05) is 6.08 Å². The van der Waals surface area contributed by atoms with Gasteiger partial charge in [-0.05, 0) is 27.7 Å². The van der Waals surface area contributed by atoms with Gasteiger partial charge in [0.25, 0.3) is 0 Å². The summed E-state index contributed by atoms with van der Waals surface area (Å²) in [7, 11) is 0. The Morgan fingerprint density at radius 2 is 1.17 bits per heavy atom. The molecule has 0 rings (SSSR count). The van der Waals surface area contributed by atoms with Crippen LogP contribution in [-0.4, -0.2) is 50.3 Å². The summed E-state index contributed by atoms with van der Waals surface area (Å²) in [6, 6.07) is 0. The van der Waals surface area contributed by atoms with Crippen LogP contribution in [0.1, 0.15) is 27.7 Å². The maximum absolute atomic E-state index is 12.0. The van der Waals surface area contributed by atoms with E-state index in [1.165, 1.54) is 0 Å². The third kappa shape index (κ3) is 6.94. The van der Waals surface area contributed by atoms with E-state index >= 15 is 0 Å². The summed E-state index contributed by atoms with van der Waals surface area (Å²) in [5.41, 5.74) is -0.484. The van der Waals surface area contributed by atoms with Crippen LogP contribution < -0.4 is 0 Å². The third-order valence-corrected chi connectivity index (χ3v) is 2.43. The summed E-state index contributed by atoms with van der Waals surface area (Å²) in [5.74, 6) is -5.59. The summed E-state index contributed by atoms with van der Waals surface area (Å²) in [6.07, 6.45) is 0.750. The van der Waals surface area contributed by atoms with Gasteiger partial charge in [-0.15, -0.1) is 0 Å². The average Bonchev–Trinajstić information content (AvgIpc) is 2.47. The topological polar surface area (TPSA) is 105 Å². The first kappa shape index (κ1) is 20.6. The SMILES string of the molecule is CCOC(=O)C=C(C(=O)OCC)C(C(=O)OCC)C(=O)OCC. The predicted molar refractivity (Wildman–Crippen MR) is 78.1 cm³/mol. The number of esters is 4. The van der Waals surface area contributed by atoms with Gasteiger partial charge in [-0.2, -0.15) is 0 Å². The summed E-state index contributed by atoms with van der Waals surface area (Å²) in [4.78, 5) is 47.7. The van der Waals surface area contributed by atoms with Gasteiger partial charge >= 0.3 is 23.9 Å². The van der Waals surface area contributed by atoms with E-state index in [2.05, 4.69) is 0 Å². The summed E-state index contributed by atoms with van der Waals surface area (Å²) < 4.78 is 19.1. The predicted octanol–water partition coefficient (Wildman–Crippen LogP) is 0.781. The fourth-order valence-corrected chi connectivity index (χ4v) is 1.59. The molecule has 0 aliphatic carbocycles. The maximum Gasteiger partial charge on any atom is 0.335 e. The molecule has 0 radical (unpaired) electrons. The van der Waals surface area contributed by atoms with Gasteiger partial charge in [-0.25, -0.2) is 9.59 Å². The van der Waals surface area contributed by atoms with Crippen molar-refractivity contribution in [2.24, 2.45) is 5.92 Å². The van der Waals surface area contributed by atoms with Crippen molar-refractivity contribution in [3.63, 3.8) is 0 Å². The Morgan fingerprint density at radius 1 is 0.739 bits per heavy atom. The molecule has 0 saturated heterocycles. The molecule has 0 heterocycles. The zero-order chi connectivity index (χ0) is 17.8. The van der Waals surface area contributed by atoms with E-state index in [0.29, 0.717) is 0 Å². The first-order valence-corrected chi connectivity index (χ1v) is 7.31. The van der Waals surface area contributed by atoms with Gasteiger partial charge in [-0.3, -0.25) is 9.59 Å². The largest absolute Gasteiger partial charge is 0.465 e. The molecule has 0 aliphatic rings. The first-order valence-electron chi connectivity index (χ1n) is 7.31. The zero-order valence-corrected chi connectivity index (χ0v) is 13.7. The molecule has 0 unspecified atom stereocenters. The van der Waals surface area contributed by atoms with Crippen LogP contribution in [0.4, 0.5) is 0 Å². The summed E-state index contributed by atoms with van der Waals surface area (Å²) in [6.45, 7) is 6.24. The molecule has 23 heavy (non-hydrogen) atoms. The molecule has 0 aromatic rings. The molecule has 0 amide bonds. The summed E-state index contributed by atoms with van der Waals surface area (Å²) in [5, 5.41) is 0. The van der Waals surface area contributed by atoms with Gasteiger partial charge in [0.2, 0.25) is 0 Å². The highest BCUT2D eigenvalue weighted by Crippen LogP contribution is 2.18. The van der Waals surface area contributed by atoms with Crippen LogP contribution >= 0.6 is 0 Å². The van der Waals surface area contributed by atoms with Crippen LogP contribution in [0.25, 0.3) is 0 Å². The van der Waals surface area contributed by atoms with Gasteiger partial charge in [0.15, 0.2) is 5.92 Å². The van der Waals surface area contributed by atoms with Crippen molar-refractivity contribution < 1.29 is 38.1 Å². The number of carbonyl (C=O) groups is 4. The van der Waals surface area contributed by atoms with Crippen LogP contribution in [0.5, 0.6) is 0 Å². The molecule has 0 saturated carbocycles. The molecule has 0 spiro atoms. The van der Waals surface area contributed by atoms with Gasteiger partial charge in [-0.1, -0.05) is 0 Å². The maximum atomic E-state index is 12.0. The van der Waals surface area contributed by atoms with E-state index in [-0.39, 0.29) is 26.4 Å². The van der Waals surface area contributed by atoms with E-state index in [1.807, 2.05) is 0 Å². The van der Waals surface area contributed by atoms with Crippen LogP contribution in [0, 0.1) is 5.92 Å². The molecule has 8 nitrogen and oxygen atoms in total. The number of hydrogen-bond donors (Lipinski definition) is 0. The Labute approximate surface area is 134 Å². The second-order valence-electron chi connectivity index (χ2n) is 4.01. The minimum absolute atomic E-state index is 0.00261. The molecule has 0 N–H and O–H groups in total. The standard InChI is InChI=1S/C15H22O8/c1-5-20-11(16)9-10(13(17)21-6-2)12(14(18)22-7-3)15(19)23-8-4/h9,12H,5-8H2,1-4H3. The normalized spacial score (nSPS) is 10.9. The van der Waals surface area contributed by atoms with Gasteiger partial charge in [0.1, 0.15) is 0 Å². The van der Waals surface area contributed by atoms with E-state index in [9.17, 15) is 19.2 Å². The molecule has 0 aliphatic heterocycles. The lowest BCUT2D eigenvalue weighted by molar-refractivity contribution is -0.162. The molecule has 0 aromatic carbocycles. The van der Waals surface area contributed by atoms with E-state index in [0.717, 1.165) is 6.08 Å². The van der Waals surface area contributed by atoms with Crippen molar-refractivity contribution in [1.29, 1.82) is 0 Å². The molecular formula is C15H22O8. The molecule has 130 valence electrons. The monoisotopic (exact) mass is 330 g/mol. The Balaban J connectivity index is 5.77. The molecular weight excluding hydrogens is 308 g/mol. The lowest BCUT2D eigenvalue weighted by Gasteiger charge is -2.16. The van der Waals surface area contributed by atoms with Gasteiger partial charge < -0.3 is 18.9 Å². The van der Waals surface area contributed by atoms with Crippen LogP contribution in [0.2, 0.25) is 0 Å². The highest BCUT2D eigenvalue weighted by Gasteiger charge is 2.38. The second-order valence-corrected chi connectivity index (χ2v) is 4.01. The molecule has 8 heteroatoms. The lowest BCUT2D eigenvalue weighted by Crippen LogP contribution is -2.34. The fraction of sp³-hybridized carbons (Fsp3) is 0.600. The van der Waals surface area contributed by atoms with E-state index < -0.39 is 35.4 Å². The third-order valence-electron chi connectivity index (χ3n) is 2.43. The number of hydrogen-bond acceptors (Lipinski definition) is 8. The number of rotatable bonds is 9. The Hall–Kier alpha value is -2.38. The van der Waals surface area contributed by atoms with Crippen LogP contribution in [-0.2, 0) is 38.1 Å². The molecule has 0 fully saturated rings. The fourth-order valence-electron chi connectivity index (χ4n) is 1.59. The Kier molecular flexibility index (Phi) is 10.1. The van der Waals surface area contributed by atoms with Crippen molar-refractivity contribution in [1.82, 2.24) is 0 Å². The van der Waals surface area contributed by atoms with Crippen LogP contribution in [0.3, 0.4) is 0 Å². The Morgan fingerprint density at radius 3 is 1.57 bits per heavy atom. The van der Waals surface area contributed by atoms with E-state index in [4.69, 9.17) is 18.9 Å². The minimum Gasteiger partial charge on any atom is -0.465 e. The van der Waals surface area contributed by atoms with Crippen molar-refractivity contribution in [2.75, 3.05) is 26.4 Å². The van der Waals surface area contributed by atoms with E-state index in [1.54, 1.807) is 27.7 Å². The smallest absolute Gasteiger partial charge is 0.335 e. The summed E-state index contributed by atoms with van der Waals surface area (Å²) >= 11 is 0. The van der Waals surface area contributed by atoms with Crippen molar-refractivity contribution >= 4 is 23.9 Å². The van der Waals surface area contributed by atoms with Crippen LogP contribution in [0.15, 0.2) is 11.6 Å². The lowest BCUT2D eigenvalue weighted by atomic mass is 9.98. The minimum atomic E-state index is -1.71. The van der Waals surface area contributed by atoms with Crippen molar-refractivity contribution in [3.8, 4) is 0 Å². The average molecular weight is 330 g/mol. The first-order chi connectivity index (χ1) is 10.9. The molecule has 0 atom stereocenters.